The molecule has 1 aromatic rings. The van der Waals surface area contributed by atoms with E-state index in [2.05, 4.69) is 9.72 Å². The molecule has 0 bridgehead atoms. The number of pyridine rings is 1. The van der Waals surface area contributed by atoms with E-state index in [1.54, 1.807) is 0 Å². The monoisotopic (exact) mass is 287 g/mol. The molecule has 0 radical (unpaired) electrons. The Morgan fingerprint density at radius 1 is 1.42 bits per heavy atom. The summed E-state index contributed by atoms with van der Waals surface area (Å²) >= 11 is 0. The van der Waals surface area contributed by atoms with Crippen LogP contribution in [-0.2, 0) is 22.1 Å². The predicted octanol–water partition coefficient (Wildman–Crippen LogP) is 2.89. The fraction of sp³-hybridized carbons (Fsp3) is 0.400. The third-order valence-electron chi connectivity index (χ3n) is 2.13. The Morgan fingerprint density at radius 3 is 2.42 bits per heavy atom. The molecule has 0 unspecified atom stereocenters. The van der Waals surface area contributed by atoms with Crippen LogP contribution in [0.2, 0.25) is 0 Å². The number of methoxy groups -OCH3 is 1. The maximum absolute atomic E-state index is 13.2. The average Bonchev–Trinajstić information content (AvgIpc) is 2.26. The molecule has 0 amide bonds. The fourth-order valence-corrected chi connectivity index (χ4v) is 1.30. The van der Waals surface area contributed by atoms with Gasteiger partial charge in [-0.1, -0.05) is 0 Å². The Bertz CT molecular complexity index is 486. The van der Waals surface area contributed by atoms with Crippen molar-refractivity contribution in [3.8, 4) is 0 Å². The number of halogens is 6. The number of hydrogen-bond acceptors (Lipinski definition) is 3. The van der Waals surface area contributed by atoms with Gasteiger partial charge in [0.05, 0.1) is 13.5 Å². The summed E-state index contributed by atoms with van der Waals surface area (Å²) in [6.07, 6.45) is -9.36. The third kappa shape index (κ3) is 3.58. The third-order valence-corrected chi connectivity index (χ3v) is 2.13. The number of carbonyl (C=O) groups is 1. The Hall–Kier alpha value is -1.80. The normalized spacial score (nSPS) is 11.8. The van der Waals surface area contributed by atoms with Crippen LogP contribution in [0.15, 0.2) is 6.07 Å². The van der Waals surface area contributed by atoms with Crippen molar-refractivity contribution in [1.82, 2.24) is 4.98 Å². The first-order chi connectivity index (χ1) is 8.66. The molecule has 19 heavy (non-hydrogen) atoms. The zero-order valence-corrected chi connectivity index (χ0v) is 9.39. The molecule has 0 saturated heterocycles. The molecule has 0 atom stereocenters. The van der Waals surface area contributed by atoms with Gasteiger partial charge >= 0.3 is 12.1 Å². The van der Waals surface area contributed by atoms with E-state index in [1.165, 1.54) is 0 Å². The number of rotatable bonds is 3. The van der Waals surface area contributed by atoms with E-state index < -0.39 is 47.8 Å². The lowest BCUT2D eigenvalue weighted by molar-refractivity contribution is -0.144. The molecule has 0 aliphatic rings. The second-order valence-corrected chi connectivity index (χ2v) is 3.41. The Balaban J connectivity index is 3.33. The summed E-state index contributed by atoms with van der Waals surface area (Å²) in [5.74, 6) is -2.82. The molecule has 1 aromatic heterocycles. The summed E-state index contributed by atoms with van der Waals surface area (Å²) in [7, 11) is 0.957. The van der Waals surface area contributed by atoms with Crippen LogP contribution in [0.1, 0.15) is 23.4 Å². The number of hydrogen-bond donors (Lipinski definition) is 0. The molecule has 1 rings (SSSR count). The van der Waals surface area contributed by atoms with Gasteiger partial charge in [-0.15, -0.1) is 0 Å². The van der Waals surface area contributed by atoms with E-state index in [-0.39, 0.29) is 6.07 Å². The molecule has 0 aromatic carbocycles. The Morgan fingerprint density at radius 2 is 2.00 bits per heavy atom. The van der Waals surface area contributed by atoms with Crippen LogP contribution in [-0.4, -0.2) is 18.1 Å². The lowest BCUT2D eigenvalue weighted by atomic mass is 10.1. The molecule has 0 saturated carbocycles. The van der Waals surface area contributed by atoms with Gasteiger partial charge in [0.15, 0.2) is 11.5 Å². The molecule has 9 heteroatoms. The highest BCUT2D eigenvalue weighted by atomic mass is 19.4. The van der Waals surface area contributed by atoms with E-state index >= 15 is 0 Å². The number of carbonyl (C=O) groups excluding carboxylic acids is 1. The maximum Gasteiger partial charge on any atom is 0.436 e. The van der Waals surface area contributed by atoms with E-state index in [4.69, 9.17) is 0 Å². The van der Waals surface area contributed by atoms with Crippen molar-refractivity contribution >= 4 is 5.97 Å². The van der Waals surface area contributed by atoms with Crippen LogP contribution in [0.5, 0.6) is 0 Å². The molecule has 106 valence electrons. The lowest BCUT2D eigenvalue weighted by Gasteiger charge is -2.12. The molecule has 0 fully saturated rings. The molecular formula is C10H7F6NO2. The van der Waals surface area contributed by atoms with Gasteiger partial charge in [-0.3, -0.25) is 4.79 Å². The zero-order valence-electron chi connectivity index (χ0n) is 9.39. The van der Waals surface area contributed by atoms with Gasteiger partial charge in [0.2, 0.25) is 0 Å². The molecule has 1 heterocycles. The van der Waals surface area contributed by atoms with Crippen molar-refractivity contribution in [2.45, 2.75) is 19.0 Å². The van der Waals surface area contributed by atoms with Gasteiger partial charge in [-0.2, -0.15) is 13.2 Å². The standard InChI is InChI=1S/C10H7F6NO2/c1-19-6(18)3-4-2-5(11)8(10(14,15)16)17-7(4)9(12)13/h2,9H,3H2,1H3. The van der Waals surface area contributed by atoms with E-state index in [0.29, 0.717) is 0 Å². The SMILES string of the molecule is COC(=O)Cc1cc(F)c(C(F)(F)F)nc1C(F)F. The van der Waals surface area contributed by atoms with Gasteiger partial charge in [0.1, 0.15) is 5.69 Å². The molecule has 0 aliphatic carbocycles. The fourth-order valence-electron chi connectivity index (χ4n) is 1.30. The average molecular weight is 287 g/mol. The number of ether oxygens (including phenoxy) is 1. The molecule has 0 spiro atoms. The summed E-state index contributed by atoms with van der Waals surface area (Å²) in [6.45, 7) is 0. The van der Waals surface area contributed by atoms with E-state index in [1.807, 2.05) is 0 Å². The minimum atomic E-state index is -5.20. The zero-order chi connectivity index (χ0) is 14.8. The summed E-state index contributed by atoms with van der Waals surface area (Å²) < 4.78 is 79.4. The van der Waals surface area contributed by atoms with Crippen LogP contribution in [0.3, 0.4) is 0 Å². The van der Waals surface area contributed by atoms with Crippen molar-refractivity contribution in [2.24, 2.45) is 0 Å². The Labute approximate surface area is 103 Å². The summed E-state index contributed by atoms with van der Waals surface area (Å²) in [5.41, 5.74) is -3.98. The summed E-state index contributed by atoms with van der Waals surface area (Å²) in [4.78, 5) is 13.5. The number of alkyl halides is 5. The quantitative estimate of drug-likeness (QED) is 0.634. The van der Waals surface area contributed by atoms with Crippen LogP contribution in [0.25, 0.3) is 0 Å². The number of aromatic nitrogens is 1. The van der Waals surface area contributed by atoms with E-state index in [9.17, 15) is 31.1 Å². The summed E-state index contributed by atoms with van der Waals surface area (Å²) in [5, 5.41) is 0. The topological polar surface area (TPSA) is 39.2 Å². The number of esters is 1. The van der Waals surface area contributed by atoms with Crippen molar-refractivity contribution in [3.63, 3.8) is 0 Å². The smallest absolute Gasteiger partial charge is 0.436 e. The lowest BCUT2D eigenvalue weighted by Crippen LogP contribution is -2.16. The molecular weight excluding hydrogens is 280 g/mol. The van der Waals surface area contributed by atoms with Crippen molar-refractivity contribution in [2.75, 3.05) is 7.11 Å². The van der Waals surface area contributed by atoms with Crippen LogP contribution in [0.4, 0.5) is 26.3 Å². The van der Waals surface area contributed by atoms with Crippen molar-refractivity contribution in [3.05, 3.63) is 28.8 Å². The van der Waals surface area contributed by atoms with E-state index in [0.717, 1.165) is 7.11 Å². The first kappa shape index (κ1) is 15.3. The van der Waals surface area contributed by atoms with Crippen molar-refractivity contribution in [1.29, 1.82) is 0 Å². The van der Waals surface area contributed by atoms with Gasteiger partial charge in [0.25, 0.3) is 6.43 Å². The first-order valence-corrected chi connectivity index (χ1v) is 4.78. The Kier molecular flexibility index (Phi) is 4.38. The highest BCUT2D eigenvalue weighted by Crippen LogP contribution is 2.33. The molecule has 3 nitrogen and oxygen atoms in total. The number of nitrogens with zero attached hydrogens (tertiary/aromatic N) is 1. The van der Waals surface area contributed by atoms with Gasteiger partial charge in [0, 0.05) is 0 Å². The minimum Gasteiger partial charge on any atom is -0.469 e. The minimum absolute atomic E-state index is 0.217. The van der Waals surface area contributed by atoms with Crippen molar-refractivity contribution < 1.29 is 35.9 Å². The second-order valence-electron chi connectivity index (χ2n) is 3.41. The van der Waals surface area contributed by atoms with Crippen LogP contribution < -0.4 is 0 Å². The van der Waals surface area contributed by atoms with Crippen LogP contribution >= 0.6 is 0 Å². The molecule has 0 N–H and O–H groups in total. The molecule has 0 aliphatic heterocycles. The summed E-state index contributed by atoms with van der Waals surface area (Å²) in [6, 6.07) is 0.217. The highest BCUT2D eigenvalue weighted by Gasteiger charge is 2.38. The highest BCUT2D eigenvalue weighted by molar-refractivity contribution is 5.72. The first-order valence-electron chi connectivity index (χ1n) is 4.78. The largest absolute Gasteiger partial charge is 0.469 e. The van der Waals surface area contributed by atoms with Gasteiger partial charge in [-0.05, 0) is 11.6 Å². The van der Waals surface area contributed by atoms with Gasteiger partial charge < -0.3 is 4.74 Å². The van der Waals surface area contributed by atoms with Gasteiger partial charge in [-0.25, -0.2) is 18.2 Å². The maximum atomic E-state index is 13.2. The second kappa shape index (κ2) is 5.45. The predicted molar refractivity (Wildman–Crippen MR) is 49.9 cm³/mol. The van der Waals surface area contributed by atoms with Crippen LogP contribution in [0, 0.1) is 5.82 Å².